The molecule has 0 aliphatic rings. The van der Waals surface area contributed by atoms with Crippen molar-refractivity contribution in [3.8, 4) is 11.3 Å². The molecule has 0 bridgehead atoms. The summed E-state index contributed by atoms with van der Waals surface area (Å²) in [6.45, 7) is 5.50. The Labute approximate surface area is 139 Å². The molecule has 0 spiro atoms. The molecule has 3 aromatic rings. The van der Waals surface area contributed by atoms with E-state index >= 15 is 0 Å². The molecule has 0 saturated heterocycles. The second kappa shape index (κ2) is 6.05. The molecule has 2 aromatic heterocycles. The van der Waals surface area contributed by atoms with Crippen molar-refractivity contribution in [1.29, 1.82) is 0 Å². The Morgan fingerprint density at radius 1 is 1.33 bits per heavy atom. The van der Waals surface area contributed by atoms with E-state index in [0.29, 0.717) is 28.9 Å². The Kier molecular flexibility index (Phi) is 4.07. The number of aliphatic hydroxyl groups is 1. The topological polar surface area (TPSA) is 88.1 Å². The summed E-state index contributed by atoms with van der Waals surface area (Å²) in [6.07, 6.45) is 3.03. The van der Waals surface area contributed by atoms with Crippen LogP contribution >= 0.6 is 0 Å². The number of nitrogens with one attached hydrogen (secondary N) is 1. The summed E-state index contributed by atoms with van der Waals surface area (Å²) in [7, 11) is 0. The number of carbonyl (C=O) groups excluding carboxylic acids is 1. The van der Waals surface area contributed by atoms with Crippen molar-refractivity contribution >= 4 is 17.0 Å². The van der Waals surface area contributed by atoms with Gasteiger partial charge in [0, 0.05) is 11.8 Å². The third-order valence-corrected chi connectivity index (χ3v) is 3.81. The highest BCUT2D eigenvalue weighted by Crippen LogP contribution is 2.31. The van der Waals surface area contributed by atoms with Crippen LogP contribution in [0.2, 0.25) is 0 Å². The van der Waals surface area contributed by atoms with Crippen LogP contribution in [0.1, 0.15) is 36.7 Å². The minimum absolute atomic E-state index is 0.294. The summed E-state index contributed by atoms with van der Waals surface area (Å²) in [4.78, 5) is 23.7. The largest absolute Gasteiger partial charge is 0.462 e. The van der Waals surface area contributed by atoms with Crippen molar-refractivity contribution in [2.75, 3.05) is 6.61 Å². The summed E-state index contributed by atoms with van der Waals surface area (Å²) >= 11 is 0. The van der Waals surface area contributed by atoms with Crippen LogP contribution in [0, 0.1) is 0 Å². The lowest BCUT2D eigenvalue weighted by atomic mass is 9.95. The van der Waals surface area contributed by atoms with Gasteiger partial charge in [0.05, 0.1) is 28.9 Å². The van der Waals surface area contributed by atoms with Crippen molar-refractivity contribution in [3.05, 3.63) is 47.9 Å². The number of aromatic amines is 1. The number of H-pyrrole nitrogens is 1. The van der Waals surface area contributed by atoms with E-state index in [9.17, 15) is 9.90 Å². The van der Waals surface area contributed by atoms with Crippen LogP contribution in [0.25, 0.3) is 22.3 Å². The molecule has 0 fully saturated rings. The second-order valence-corrected chi connectivity index (χ2v) is 6.01. The zero-order valence-electron chi connectivity index (χ0n) is 13.8. The van der Waals surface area contributed by atoms with Gasteiger partial charge in [-0.3, -0.25) is 0 Å². The van der Waals surface area contributed by atoms with Crippen molar-refractivity contribution < 1.29 is 14.6 Å². The zero-order valence-corrected chi connectivity index (χ0v) is 13.8. The third-order valence-electron chi connectivity index (χ3n) is 3.81. The fourth-order valence-electron chi connectivity index (χ4n) is 2.60. The Morgan fingerprint density at radius 3 is 2.83 bits per heavy atom. The zero-order chi connectivity index (χ0) is 17.3. The molecule has 0 unspecified atom stereocenters. The fraction of sp³-hybridized carbons (Fsp3) is 0.278. The van der Waals surface area contributed by atoms with E-state index in [1.165, 1.54) is 6.33 Å². The molecule has 0 atom stereocenters. The Bertz CT molecular complexity index is 894. The highest BCUT2D eigenvalue weighted by Gasteiger charge is 2.21. The first kappa shape index (κ1) is 16.1. The number of nitrogens with zero attached hydrogens (tertiary/aromatic N) is 2. The van der Waals surface area contributed by atoms with Gasteiger partial charge >= 0.3 is 5.97 Å². The molecule has 0 aliphatic heterocycles. The fourth-order valence-corrected chi connectivity index (χ4v) is 2.60. The number of fused-ring (bicyclic) bond motifs is 1. The summed E-state index contributed by atoms with van der Waals surface area (Å²) in [5.41, 5.74) is 2.18. The van der Waals surface area contributed by atoms with Crippen molar-refractivity contribution in [2.24, 2.45) is 0 Å². The molecule has 6 nitrogen and oxygen atoms in total. The van der Waals surface area contributed by atoms with Gasteiger partial charge in [0.25, 0.3) is 0 Å². The molecule has 6 heteroatoms. The predicted octanol–water partition coefficient (Wildman–Crippen LogP) is 3.03. The lowest BCUT2D eigenvalue weighted by Gasteiger charge is -2.18. The minimum Gasteiger partial charge on any atom is -0.462 e. The average Bonchev–Trinajstić information content (AvgIpc) is 2.98. The first-order valence-electron chi connectivity index (χ1n) is 7.74. The highest BCUT2D eigenvalue weighted by molar-refractivity contribution is 6.08. The lowest BCUT2D eigenvalue weighted by Crippen LogP contribution is -2.15. The molecule has 0 aliphatic carbocycles. The number of rotatable bonds is 4. The van der Waals surface area contributed by atoms with E-state index in [1.54, 1.807) is 27.0 Å². The quantitative estimate of drug-likeness (QED) is 0.720. The first-order chi connectivity index (χ1) is 11.4. The SMILES string of the molecule is CCOC(=O)c1c[nH]c2ncnc(-c3cccc(C(C)(C)O)c3)c12. The van der Waals surface area contributed by atoms with Gasteiger partial charge in [-0.2, -0.15) is 0 Å². The van der Waals surface area contributed by atoms with Gasteiger partial charge in [-0.05, 0) is 32.4 Å². The molecule has 3 rings (SSSR count). The van der Waals surface area contributed by atoms with Crippen molar-refractivity contribution in [3.63, 3.8) is 0 Å². The standard InChI is InChI=1S/C18H19N3O3/c1-4-24-17(22)13-9-19-16-14(13)15(20-10-21-16)11-6-5-7-12(8-11)18(2,3)23/h5-10,23H,4H2,1-3H3,(H,19,20,21). The van der Waals surface area contributed by atoms with E-state index in [1.807, 2.05) is 24.3 Å². The van der Waals surface area contributed by atoms with E-state index < -0.39 is 11.6 Å². The van der Waals surface area contributed by atoms with Gasteiger partial charge in [0.1, 0.15) is 12.0 Å². The lowest BCUT2D eigenvalue weighted by molar-refractivity contribution is 0.0528. The van der Waals surface area contributed by atoms with E-state index in [2.05, 4.69) is 15.0 Å². The Hall–Kier alpha value is -2.73. The number of ether oxygens (including phenoxy) is 1. The maximum Gasteiger partial charge on any atom is 0.340 e. The van der Waals surface area contributed by atoms with Gasteiger partial charge < -0.3 is 14.8 Å². The van der Waals surface area contributed by atoms with Gasteiger partial charge in [-0.15, -0.1) is 0 Å². The van der Waals surface area contributed by atoms with E-state index in [0.717, 1.165) is 11.1 Å². The van der Waals surface area contributed by atoms with Crippen molar-refractivity contribution in [2.45, 2.75) is 26.4 Å². The number of hydrogen-bond donors (Lipinski definition) is 2. The van der Waals surface area contributed by atoms with Gasteiger partial charge in [-0.1, -0.05) is 18.2 Å². The monoisotopic (exact) mass is 325 g/mol. The third kappa shape index (κ3) is 2.88. The van der Waals surface area contributed by atoms with Gasteiger partial charge in [-0.25, -0.2) is 14.8 Å². The first-order valence-corrected chi connectivity index (χ1v) is 7.74. The highest BCUT2D eigenvalue weighted by atomic mass is 16.5. The molecular weight excluding hydrogens is 306 g/mol. The molecule has 24 heavy (non-hydrogen) atoms. The second-order valence-electron chi connectivity index (χ2n) is 6.01. The summed E-state index contributed by atoms with van der Waals surface area (Å²) in [5, 5.41) is 10.8. The maximum atomic E-state index is 12.2. The van der Waals surface area contributed by atoms with Gasteiger partial charge in [0.2, 0.25) is 0 Å². The van der Waals surface area contributed by atoms with Gasteiger partial charge in [0.15, 0.2) is 0 Å². The molecule has 124 valence electrons. The molecule has 0 saturated carbocycles. The molecule has 2 heterocycles. The number of esters is 1. The van der Waals surface area contributed by atoms with Crippen LogP contribution in [-0.4, -0.2) is 32.6 Å². The normalized spacial score (nSPS) is 11.7. The van der Waals surface area contributed by atoms with Crippen LogP contribution in [0.15, 0.2) is 36.8 Å². The Morgan fingerprint density at radius 2 is 2.12 bits per heavy atom. The summed E-state index contributed by atoms with van der Waals surface area (Å²) < 4.78 is 5.11. The van der Waals surface area contributed by atoms with E-state index in [-0.39, 0.29) is 0 Å². The molecule has 0 radical (unpaired) electrons. The van der Waals surface area contributed by atoms with Crippen LogP contribution in [0.5, 0.6) is 0 Å². The predicted molar refractivity (Wildman–Crippen MR) is 90.5 cm³/mol. The smallest absolute Gasteiger partial charge is 0.340 e. The molecule has 0 amide bonds. The number of hydrogen-bond acceptors (Lipinski definition) is 5. The van der Waals surface area contributed by atoms with Crippen LogP contribution in [0.3, 0.4) is 0 Å². The number of aromatic nitrogens is 3. The number of carbonyl (C=O) groups is 1. The minimum atomic E-state index is -0.968. The average molecular weight is 325 g/mol. The Balaban J connectivity index is 2.20. The van der Waals surface area contributed by atoms with Crippen LogP contribution in [-0.2, 0) is 10.3 Å². The summed E-state index contributed by atoms with van der Waals surface area (Å²) in [6, 6.07) is 7.46. The van der Waals surface area contributed by atoms with Crippen LogP contribution in [0.4, 0.5) is 0 Å². The maximum absolute atomic E-state index is 12.2. The van der Waals surface area contributed by atoms with E-state index in [4.69, 9.17) is 4.74 Å². The molecule has 2 N–H and O–H groups in total. The molecular formula is C18H19N3O3. The number of benzene rings is 1. The van der Waals surface area contributed by atoms with Crippen LogP contribution < -0.4 is 0 Å². The molecule has 1 aromatic carbocycles. The summed E-state index contributed by atoms with van der Waals surface area (Å²) in [5.74, 6) is -0.418. The van der Waals surface area contributed by atoms with Crippen molar-refractivity contribution in [1.82, 2.24) is 15.0 Å².